The number of benzene rings is 2. The summed E-state index contributed by atoms with van der Waals surface area (Å²) in [4.78, 5) is 5.72. The molecule has 0 bridgehead atoms. The topological polar surface area (TPSA) is 17.8 Å². The predicted octanol–water partition coefficient (Wildman–Crippen LogP) is 4.89. The quantitative estimate of drug-likeness (QED) is 0.374. The van der Waals surface area contributed by atoms with E-state index in [2.05, 4.69) is 61.5 Å². The van der Waals surface area contributed by atoms with E-state index in [1.807, 2.05) is 30.4 Å². The van der Waals surface area contributed by atoms with Crippen LogP contribution in [0.5, 0.6) is 0 Å². The number of fused-ring (bicyclic) bond motifs is 2. The third-order valence-electron chi connectivity index (χ3n) is 4.13. The van der Waals surface area contributed by atoms with Crippen LogP contribution in [0.2, 0.25) is 0 Å². The van der Waals surface area contributed by atoms with Crippen molar-refractivity contribution in [2.45, 2.75) is 0 Å². The van der Waals surface area contributed by atoms with E-state index < -0.39 is 0 Å². The summed E-state index contributed by atoms with van der Waals surface area (Å²) in [6.45, 7) is 7.79. The molecule has 0 fully saturated rings. The van der Waals surface area contributed by atoms with Gasteiger partial charge in [0.05, 0.1) is 15.1 Å². The van der Waals surface area contributed by atoms with Gasteiger partial charge in [-0.3, -0.25) is 0 Å². The van der Waals surface area contributed by atoms with Crippen LogP contribution in [0.3, 0.4) is 0 Å². The minimum absolute atomic E-state index is 0.978. The monoisotopic (exact) mass is 339 g/mol. The van der Waals surface area contributed by atoms with Crippen molar-refractivity contribution in [3.8, 4) is 0 Å². The van der Waals surface area contributed by atoms with Crippen molar-refractivity contribution >= 4 is 56.9 Å². The molecule has 2 aromatic heterocycles. The van der Waals surface area contributed by atoms with Crippen molar-refractivity contribution in [3.63, 3.8) is 0 Å². The normalized spacial score (nSPS) is 11.4. The van der Waals surface area contributed by atoms with Gasteiger partial charge >= 0.3 is 7.41 Å². The Balaban J connectivity index is 1.91. The van der Waals surface area contributed by atoms with E-state index in [9.17, 15) is 0 Å². The molecule has 0 aliphatic rings. The molecule has 25 heavy (non-hydrogen) atoms. The predicted molar refractivity (Wildman–Crippen MR) is 112 cm³/mol. The highest BCUT2D eigenvalue weighted by Crippen LogP contribution is 2.28. The highest BCUT2D eigenvalue weighted by atomic mass is 32.1. The number of aromatic nitrogens is 2. The van der Waals surface area contributed by atoms with Gasteiger partial charge in [-0.1, -0.05) is 61.7 Å². The van der Waals surface area contributed by atoms with E-state index in [0.29, 0.717) is 0 Å². The van der Waals surface area contributed by atoms with Crippen LogP contribution in [-0.4, -0.2) is 16.9 Å². The molecule has 0 atom stereocenters. The summed E-state index contributed by atoms with van der Waals surface area (Å²) in [5.74, 6) is 0. The second-order valence-corrected chi connectivity index (χ2v) is 6.70. The summed E-state index contributed by atoms with van der Waals surface area (Å²) in [6.07, 6.45) is 7.71. The molecule has 0 spiro atoms. The molecule has 0 aliphatic carbocycles. The zero-order valence-electron chi connectivity index (χ0n) is 13.7. The van der Waals surface area contributed by atoms with Gasteiger partial charge in [0.15, 0.2) is 0 Å². The second-order valence-electron chi connectivity index (χ2n) is 5.63. The number of allylic oxidation sites excluding steroid dienone is 2. The fourth-order valence-corrected chi connectivity index (χ4v) is 3.94. The molecule has 2 heterocycles. The highest BCUT2D eigenvalue weighted by Gasteiger charge is 2.16. The van der Waals surface area contributed by atoms with Crippen molar-refractivity contribution in [2.75, 3.05) is 0 Å². The third-order valence-corrected chi connectivity index (χ3v) is 5.10. The molecule has 4 rings (SSSR count). The summed E-state index contributed by atoms with van der Waals surface area (Å²) in [7, 11) is 2.10. The molecule has 2 aromatic carbocycles. The molecular formula is C21H16BN2S. The van der Waals surface area contributed by atoms with Crippen molar-refractivity contribution in [3.05, 3.63) is 85.1 Å². The van der Waals surface area contributed by atoms with Crippen LogP contribution in [0, 0.1) is 0 Å². The molecule has 1 radical (unpaired) electrons. The smallest absolute Gasteiger partial charge is 0.328 e. The van der Waals surface area contributed by atoms with Gasteiger partial charge in [0.1, 0.15) is 0 Å². The Labute approximate surface area is 151 Å². The maximum atomic E-state index is 4.74. The average Bonchev–Trinajstić information content (AvgIpc) is 3.18. The number of nitrogens with zero attached hydrogens (tertiary/aromatic N) is 2. The molecule has 4 heteroatoms. The highest BCUT2D eigenvalue weighted by molar-refractivity contribution is 7.26. The SMILES string of the molecule is C=C/C=C\c1c(C=C)c2ccccc2n1[B]c1nc2ccccc2s1. The Morgan fingerprint density at radius 3 is 2.64 bits per heavy atom. The number of para-hydroxylation sites is 2. The minimum Gasteiger partial charge on any atom is -0.382 e. The van der Waals surface area contributed by atoms with Crippen LogP contribution in [0.15, 0.2) is 73.8 Å². The molecule has 0 N–H and O–H groups in total. The van der Waals surface area contributed by atoms with E-state index in [4.69, 9.17) is 4.98 Å². The van der Waals surface area contributed by atoms with Gasteiger partial charge in [0, 0.05) is 22.2 Å². The van der Waals surface area contributed by atoms with E-state index >= 15 is 0 Å². The summed E-state index contributed by atoms with van der Waals surface area (Å²) in [6, 6.07) is 16.6. The molecule has 0 unspecified atom stereocenters. The maximum Gasteiger partial charge on any atom is 0.328 e. The molecule has 119 valence electrons. The van der Waals surface area contributed by atoms with Gasteiger partial charge in [0.25, 0.3) is 0 Å². The first-order valence-corrected chi connectivity index (χ1v) is 8.88. The Morgan fingerprint density at radius 1 is 1.04 bits per heavy atom. The first-order valence-electron chi connectivity index (χ1n) is 8.06. The van der Waals surface area contributed by atoms with Crippen LogP contribution in [0.25, 0.3) is 33.3 Å². The minimum atomic E-state index is 0.978. The lowest BCUT2D eigenvalue weighted by molar-refractivity contribution is 1.26. The van der Waals surface area contributed by atoms with Crippen molar-refractivity contribution in [2.24, 2.45) is 0 Å². The number of hydrogen-bond donors (Lipinski definition) is 0. The van der Waals surface area contributed by atoms with Gasteiger partial charge < -0.3 is 4.48 Å². The standard InChI is InChI=1S/C21H16BN2S/c1-3-5-12-18-15(4-2)16-10-6-8-13-19(16)24(18)22-21-23-17-11-7-9-14-20(17)25-21/h3-14H,1-2H2/b12-5-. The molecule has 2 nitrogen and oxygen atoms in total. The van der Waals surface area contributed by atoms with Gasteiger partial charge in [0.2, 0.25) is 0 Å². The van der Waals surface area contributed by atoms with E-state index in [0.717, 1.165) is 27.2 Å². The molecule has 0 saturated heterocycles. The number of hydrogen-bond acceptors (Lipinski definition) is 2. The lowest BCUT2D eigenvalue weighted by Gasteiger charge is -2.05. The van der Waals surface area contributed by atoms with Gasteiger partial charge in [-0.05, 0) is 24.3 Å². The summed E-state index contributed by atoms with van der Waals surface area (Å²) < 4.78 is 3.38. The van der Waals surface area contributed by atoms with E-state index in [1.165, 1.54) is 10.1 Å². The van der Waals surface area contributed by atoms with Crippen LogP contribution in [0.4, 0.5) is 0 Å². The maximum absolute atomic E-state index is 4.74. The van der Waals surface area contributed by atoms with Crippen molar-refractivity contribution in [1.82, 2.24) is 9.46 Å². The van der Waals surface area contributed by atoms with Crippen LogP contribution >= 0.6 is 11.3 Å². The summed E-state index contributed by atoms with van der Waals surface area (Å²) in [5, 5.41) is 1.18. The Morgan fingerprint density at radius 2 is 1.84 bits per heavy atom. The van der Waals surface area contributed by atoms with Gasteiger partial charge in [-0.15, -0.1) is 11.3 Å². The van der Waals surface area contributed by atoms with Gasteiger partial charge in [-0.25, -0.2) is 4.98 Å². The van der Waals surface area contributed by atoms with Crippen LogP contribution in [-0.2, 0) is 0 Å². The van der Waals surface area contributed by atoms with Crippen molar-refractivity contribution < 1.29 is 0 Å². The fourth-order valence-electron chi connectivity index (χ4n) is 3.05. The average molecular weight is 339 g/mol. The summed E-state index contributed by atoms with van der Waals surface area (Å²) in [5.41, 5.74) is 4.36. The van der Waals surface area contributed by atoms with Crippen LogP contribution < -0.4 is 4.91 Å². The lowest BCUT2D eigenvalue weighted by atomic mass is 9.94. The van der Waals surface area contributed by atoms with Gasteiger partial charge in [-0.2, -0.15) is 0 Å². The molecule has 0 saturated carbocycles. The van der Waals surface area contributed by atoms with Crippen LogP contribution in [0.1, 0.15) is 11.3 Å². The number of rotatable bonds is 5. The second kappa shape index (κ2) is 6.57. The fraction of sp³-hybridized carbons (Fsp3) is 0. The summed E-state index contributed by atoms with van der Waals surface area (Å²) >= 11 is 1.69. The third kappa shape index (κ3) is 2.75. The van der Waals surface area contributed by atoms with E-state index in [-0.39, 0.29) is 0 Å². The van der Waals surface area contributed by atoms with Crippen molar-refractivity contribution in [1.29, 1.82) is 0 Å². The number of thiazole rings is 1. The zero-order valence-corrected chi connectivity index (χ0v) is 14.5. The molecule has 4 aromatic rings. The molecule has 0 amide bonds. The lowest BCUT2D eigenvalue weighted by Crippen LogP contribution is -2.22. The Bertz CT molecular complexity index is 1080. The molecule has 0 aliphatic heterocycles. The Kier molecular flexibility index (Phi) is 4.12. The molecular weight excluding hydrogens is 323 g/mol. The Hall–Kier alpha value is -2.85. The van der Waals surface area contributed by atoms with E-state index in [1.54, 1.807) is 17.4 Å². The zero-order chi connectivity index (χ0) is 17.2. The first-order chi connectivity index (χ1) is 12.3. The first kappa shape index (κ1) is 15.7. The largest absolute Gasteiger partial charge is 0.382 e.